The van der Waals surface area contributed by atoms with Gasteiger partial charge in [-0.15, -0.1) is 0 Å². The highest BCUT2D eigenvalue weighted by atomic mass is 16.6. The van der Waals surface area contributed by atoms with Crippen LogP contribution in [0.3, 0.4) is 0 Å². The van der Waals surface area contributed by atoms with E-state index in [1.165, 1.54) is 5.69 Å². The Labute approximate surface area is 200 Å². The number of hydrogen-bond donors (Lipinski definition) is 0. The van der Waals surface area contributed by atoms with E-state index in [4.69, 9.17) is 9.47 Å². The van der Waals surface area contributed by atoms with Gasteiger partial charge in [0.2, 0.25) is 0 Å². The van der Waals surface area contributed by atoms with Crippen LogP contribution in [0.25, 0.3) is 0 Å². The number of ether oxygens (including phenoxy) is 2. The Hall–Kier alpha value is -1.99. The van der Waals surface area contributed by atoms with Crippen LogP contribution in [0.5, 0.6) is 5.75 Å². The minimum absolute atomic E-state index is 0.178. The molecule has 0 saturated carbocycles. The molecule has 1 amide bonds. The van der Waals surface area contributed by atoms with E-state index >= 15 is 0 Å². The zero-order chi connectivity index (χ0) is 24.0. The molecule has 0 N–H and O–H groups in total. The molecule has 33 heavy (non-hydrogen) atoms. The summed E-state index contributed by atoms with van der Waals surface area (Å²) in [5.41, 5.74) is 0.694. The third-order valence-corrected chi connectivity index (χ3v) is 6.75. The summed E-state index contributed by atoms with van der Waals surface area (Å²) < 4.78 is 11.2. The number of hydrogen-bond acceptors (Lipinski definition) is 6. The predicted molar refractivity (Wildman–Crippen MR) is 134 cm³/mol. The molecule has 2 fully saturated rings. The van der Waals surface area contributed by atoms with Crippen molar-refractivity contribution >= 4 is 11.8 Å². The lowest BCUT2D eigenvalue weighted by atomic mass is 10.0. The van der Waals surface area contributed by atoms with E-state index < -0.39 is 5.60 Å². The van der Waals surface area contributed by atoms with E-state index in [0.29, 0.717) is 6.04 Å². The Kier molecular flexibility index (Phi) is 8.88. The Morgan fingerprint density at radius 2 is 1.76 bits per heavy atom. The Morgan fingerprint density at radius 3 is 2.33 bits per heavy atom. The zero-order valence-corrected chi connectivity index (χ0v) is 21.5. The second-order valence-electron chi connectivity index (χ2n) is 10.6. The number of rotatable bonds is 7. The molecule has 7 nitrogen and oxygen atoms in total. The minimum atomic E-state index is -0.487. The molecular weight excluding hydrogens is 416 g/mol. The molecule has 0 aliphatic carbocycles. The topological polar surface area (TPSA) is 48.5 Å². The van der Waals surface area contributed by atoms with Crippen LogP contribution in [-0.4, -0.2) is 97.9 Å². The Balaban J connectivity index is 1.59. The van der Waals surface area contributed by atoms with Gasteiger partial charge >= 0.3 is 6.09 Å². The summed E-state index contributed by atoms with van der Waals surface area (Å²) in [5.74, 6) is 0.877. The summed E-state index contributed by atoms with van der Waals surface area (Å²) >= 11 is 0. The maximum Gasteiger partial charge on any atom is 0.410 e. The van der Waals surface area contributed by atoms with Gasteiger partial charge in [-0.05, 0) is 59.6 Å². The molecule has 1 aromatic carbocycles. The Morgan fingerprint density at radius 1 is 1.09 bits per heavy atom. The summed E-state index contributed by atoms with van der Waals surface area (Å²) in [6.45, 7) is 18.2. The first kappa shape index (κ1) is 25.6. The number of methoxy groups -OCH3 is 1. The largest absolute Gasteiger partial charge is 0.497 e. The normalized spacial score (nSPS) is 19.1. The predicted octanol–water partition coefficient (Wildman–Crippen LogP) is 3.93. The number of piperazine rings is 1. The van der Waals surface area contributed by atoms with Crippen molar-refractivity contribution < 1.29 is 14.3 Å². The van der Waals surface area contributed by atoms with E-state index in [2.05, 4.69) is 40.7 Å². The summed E-state index contributed by atoms with van der Waals surface area (Å²) in [5, 5.41) is 0. The fourth-order valence-electron chi connectivity index (χ4n) is 4.74. The van der Waals surface area contributed by atoms with Crippen molar-refractivity contribution in [2.45, 2.75) is 65.1 Å². The molecule has 0 bridgehead atoms. The Bertz CT molecular complexity index is 748. The van der Waals surface area contributed by atoms with E-state index in [-0.39, 0.29) is 12.1 Å². The molecule has 2 saturated heterocycles. The smallest absolute Gasteiger partial charge is 0.410 e. The highest BCUT2D eigenvalue weighted by molar-refractivity contribution is 5.68. The molecule has 1 aromatic rings. The highest BCUT2D eigenvalue weighted by Gasteiger charge is 2.32. The average molecular weight is 461 g/mol. The van der Waals surface area contributed by atoms with Gasteiger partial charge in [-0.25, -0.2) is 4.79 Å². The lowest BCUT2D eigenvalue weighted by Crippen LogP contribution is -2.53. The molecule has 0 spiro atoms. The van der Waals surface area contributed by atoms with Crippen molar-refractivity contribution in [3.8, 4) is 5.75 Å². The standard InChI is InChI=1S/C26H44N4O3/c1-21(2)28-17-14-27(15-18-28)16-19-30(25(31)33-26(3,4)5)22-10-12-29(13-11-22)23-8-7-9-24(20-23)32-6/h7-9,20-22H,10-19H2,1-6H3. The lowest BCUT2D eigenvalue weighted by Gasteiger charge is -2.41. The number of amides is 1. The molecule has 2 heterocycles. The maximum atomic E-state index is 13.2. The van der Waals surface area contributed by atoms with E-state index in [1.807, 2.05) is 37.8 Å². The van der Waals surface area contributed by atoms with Crippen molar-refractivity contribution in [1.82, 2.24) is 14.7 Å². The van der Waals surface area contributed by atoms with Gasteiger partial charge in [0.1, 0.15) is 11.4 Å². The van der Waals surface area contributed by atoms with Gasteiger partial charge in [0.05, 0.1) is 7.11 Å². The van der Waals surface area contributed by atoms with Crippen molar-refractivity contribution in [1.29, 1.82) is 0 Å². The molecule has 0 aromatic heterocycles. The molecular formula is C26H44N4O3. The van der Waals surface area contributed by atoms with Crippen LogP contribution in [0, 0.1) is 0 Å². The van der Waals surface area contributed by atoms with Gasteiger partial charge in [0, 0.05) is 76.2 Å². The SMILES string of the molecule is COc1cccc(N2CCC(N(CCN3CCN(C(C)C)CC3)C(=O)OC(C)(C)C)CC2)c1. The fraction of sp³-hybridized carbons (Fsp3) is 0.731. The number of nitrogens with zero attached hydrogens (tertiary/aromatic N) is 4. The number of carbonyl (C=O) groups is 1. The third-order valence-electron chi connectivity index (χ3n) is 6.75. The number of benzene rings is 1. The van der Waals surface area contributed by atoms with Crippen LogP contribution in [-0.2, 0) is 4.74 Å². The second-order valence-corrected chi connectivity index (χ2v) is 10.6. The molecule has 2 aliphatic heterocycles. The van der Waals surface area contributed by atoms with Gasteiger partial charge in [-0.2, -0.15) is 0 Å². The third kappa shape index (κ3) is 7.51. The van der Waals surface area contributed by atoms with E-state index in [0.717, 1.165) is 70.9 Å². The molecule has 0 atom stereocenters. The molecule has 7 heteroatoms. The van der Waals surface area contributed by atoms with Crippen LogP contribution in [0.4, 0.5) is 10.5 Å². The van der Waals surface area contributed by atoms with Crippen LogP contribution in [0.2, 0.25) is 0 Å². The minimum Gasteiger partial charge on any atom is -0.497 e. The first-order valence-electron chi connectivity index (χ1n) is 12.5. The second kappa shape index (κ2) is 11.4. The van der Waals surface area contributed by atoms with Gasteiger partial charge in [-0.1, -0.05) is 6.07 Å². The summed E-state index contributed by atoms with van der Waals surface area (Å²) in [6, 6.07) is 9.03. The zero-order valence-electron chi connectivity index (χ0n) is 21.5. The lowest BCUT2D eigenvalue weighted by molar-refractivity contribution is 0.00953. The number of piperidine rings is 1. The maximum absolute atomic E-state index is 13.2. The van der Waals surface area contributed by atoms with Crippen LogP contribution < -0.4 is 9.64 Å². The van der Waals surface area contributed by atoms with Crippen LogP contribution >= 0.6 is 0 Å². The molecule has 0 unspecified atom stereocenters. The quantitative estimate of drug-likeness (QED) is 0.615. The summed E-state index contributed by atoms with van der Waals surface area (Å²) in [7, 11) is 1.70. The fourth-order valence-corrected chi connectivity index (χ4v) is 4.74. The van der Waals surface area contributed by atoms with Crippen LogP contribution in [0.1, 0.15) is 47.5 Å². The summed E-state index contributed by atoms with van der Waals surface area (Å²) in [6.07, 6.45) is 1.71. The molecule has 0 radical (unpaired) electrons. The van der Waals surface area contributed by atoms with Crippen LogP contribution in [0.15, 0.2) is 24.3 Å². The van der Waals surface area contributed by atoms with Crippen molar-refractivity contribution in [3.05, 3.63) is 24.3 Å². The van der Waals surface area contributed by atoms with Gasteiger partial charge < -0.3 is 19.3 Å². The molecule has 3 rings (SSSR count). The van der Waals surface area contributed by atoms with Gasteiger partial charge in [0.25, 0.3) is 0 Å². The van der Waals surface area contributed by atoms with Crippen molar-refractivity contribution in [2.75, 3.05) is 64.4 Å². The molecule has 186 valence electrons. The van der Waals surface area contributed by atoms with E-state index in [1.54, 1.807) is 7.11 Å². The molecule has 2 aliphatic rings. The average Bonchev–Trinajstić information content (AvgIpc) is 2.79. The number of carbonyl (C=O) groups excluding carboxylic acids is 1. The first-order chi connectivity index (χ1) is 15.7. The van der Waals surface area contributed by atoms with Crippen molar-refractivity contribution in [3.63, 3.8) is 0 Å². The van der Waals surface area contributed by atoms with E-state index in [9.17, 15) is 4.79 Å². The van der Waals surface area contributed by atoms with Gasteiger partial charge in [0.15, 0.2) is 0 Å². The van der Waals surface area contributed by atoms with Crippen molar-refractivity contribution in [2.24, 2.45) is 0 Å². The van der Waals surface area contributed by atoms with Gasteiger partial charge in [-0.3, -0.25) is 9.80 Å². The summed E-state index contributed by atoms with van der Waals surface area (Å²) in [4.78, 5) is 22.6. The number of anilines is 1. The highest BCUT2D eigenvalue weighted by Crippen LogP contribution is 2.26. The monoisotopic (exact) mass is 460 g/mol. The first-order valence-corrected chi connectivity index (χ1v) is 12.5.